The van der Waals surface area contributed by atoms with E-state index < -0.39 is 0 Å². The molecule has 0 bridgehead atoms. The molecule has 2 aromatic heterocycles. The molecule has 150 valence electrons. The van der Waals surface area contributed by atoms with Crippen molar-refractivity contribution >= 4 is 0 Å². The highest BCUT2D eigenvalue weighted by Crippen LogP contribution is 2.24. The molecule has 0 amide bonds. The summed E-state index contributed by atoms with van der Waals surface area (Å²) in [4.78, 5) is 8.66. The van der Waals surface area contributed by atoms with Gasteiger partial charge in [0.1, 0.15) is 5.75 Å². The van der Waals surface area contributed by atoms with E-state index >= 15 is 0 Å². The molecule has 1 unspecified atom stereocenters. The van der Waals surface area contributed by atoms with Crippen molar-refractivity contribution in [1.29, 1.82) is 5.26 Å². The fourth-order valence-corrected chi connectivity index (χ4v) is 2.90. The van der Waals surface area contributed by atoms with Crippen molar-refractivity contribution in [1.82, 2.24) is 20.4 Å². The predicted octanol–water partition coefficient (Wildman–Crippen LogP) is 4.30. The van der Waals surface area contributed by atoms with Gasteiger partial charge in [0, 0.05) is 30.9 Å². The van der Waals surface area contributed by atoms with Gasteiger partial charge in [-0.3, -0.25) is 4.98 Å². The van der Waals surface area contributed by atoms with Gasteiger partial charge in [0.2, 0.25) is 11.7 Å². The Labute approximate surface area is 170 Å². The summed E-state index contributed by atoms with van der Waals surface area (Å²) in [5.41, 5.74) is 1.92. The van der Waals surface area contributed by atoms with Gasteiger partial charge in [0.15, 0.2) is 0 Å². The Hall–Kier alpha value is -3.24. The van der Waals surface area contributed by atoms with Gasteiger partial charge >= 0.3 is 0 Å². The zero-order valence-electron chi connectivity index (χ0n) is 16.7. The normalized spacial score (nSPS) is 11.9. The van der Waals surface area contributed by atoms with Crippen LogP contribution in [-0.4, -0.2) is 21.7 Å². The van der Waals surface area contributed by atoms with E-state index in [-0.39, 0.29) is 12.0 Å². The summed E-state index contributed by atoms with van der Waals surface area (Å²) in [6, 6.07) is 13.7. The molecule has 2 heterocycles. The summed E-state index contributed by atoms with van der Waals surface area (Å²) in [6.07, 6.45) is 4.66. The van der Waals surface area contributed by atoms with Crippen LogP contribution in [0.4, 0.5) is 0 Å². The van der Waals surface area contributed by atoms with Crippen LogP contribution in [0.3, 0.4) is 0 Å². The minimum atomic E-state index is -0.0758. The number of nitrogens with one attached hydrogen (secondary N) is 1. The third kappa shape index (κ3) is 5.87. The van der Waals surface area contributed by atoms with Crippen molar-refractivity contribution < 1.29 is 9.26 Å². The van der Waals surface area contributed by atoms with Gasteiger partial charge in [-0.05, 0) is 42.2 Å². The van der Waals surface area contributed by atoms with Crippen LogP contribution >= 0.6 is 0 Å². The van der Waals surface area contributed by atoms with Gasteiger partial charge in [-0.25, -0.2) is 0 Å². The van der Waals surface area contributed by atoms with Crippen molar-refractivity contribution in [2.75, 3.05) is 6.61 Å². The number of unbranched alkanes of at least 4 members (excludes halogenated alkanes) is 1. The molecule has 0 aliphatic carbocycles. The number of hydrogen-bond acceptors (Lipinski definition) is 7. The molecule has 3 rings (SSSR count). The largest absolute Gasteiger partial charge is 0.494 e. The average molecular weight is 391 g/mol. The minimum Gasteiger partial charge on any atom is -0.494 e. The maximum Gasteiger partial charge on any atom is 0.244 e. The summed E-state index contributed by atoms with van der Waals surface area (Å²) in [6.45, 7) is 5.40. The SMILES string of the molecule is CC(C)C(NCc1cccc(OCCCC#N)c1)c1nc(-c2cccnc2)no1. The fourth-order valence-electron chi connectivity index (χ4n) is 2.90. The van der Waals surface area contributed by atoms with Gasteiger partial charge in [-0.2, -0.15) is 10.2 Å². The molecule has 0 saturated heterocycles. The number of rotatable bonds is 10. The molecule has 29 heavy (non-hydrogen) atoms. The third-order valence-electron chi connectivity index (χ3n) is 4.42. The minimum absolute atomic E-state index is 0.0758. The van der Waals surface area contributed by atoms with E-state index in [9.17, 15) is 0 Å². The van der Waals surface area contributed by atoms with Crippen molar-refractivity contribution in [2.45, 2.75) is 39.3 Å². The van der Waals surface area contributed by atoms with Crippen molar-refractivity contribution in [3.8, 4) is 23.2 Å². The number of nitriles is 1. The molecule has 3 aromatic rings. The molecule has 0 aliphatic rings. The lowest BCUT2D eigenvalue weighted by Gasteiger charge is -2.18. The molecule has 7 nitrogen and oxygen atoms in total. The van der Waals surface area contributed by atoms with E-state index in [0.29, 0.717) is 31.3 Å². The van der Waals surface area contributed by atoms with E-state index in [1.165, 1.54) is 0 Å². The monoisotopic (exact) mass is 391 g/mol. The van der Waals surface area contributed by atoms with E-state index in [0.717, 1.165) is 23.3 Å². The van der Waals surface area contributed by atoms with Crippen LogP contribution in [-0.2, 0) is 6.54 Å². The molecule has 1 aromatic carbocycles. The Bertz CT molecular complexity index is 934. The molecule has 0 radical (unpaired) electrons. The van der Waals surface area contributed by atoms with Gasteiger partial charge in [0.05, 0.1) is 18.7 Å². The summed E-state index contributed by atoms with van der Waals surface area (Å²) in [5.74, 6) is 2.17. The van der Waals surface area contributed by atoms with Crippen LogP contribution in [0.5, 0.6) is 5.75 Å². The predicted molar refractivity (Wildman–Crippen MR) is 109 cm³/mol. The molecular weight excluding hydrogens is 366 g/mol. The molecule has 0 aliphatic heterocycles. The van der Waals surface area contributed by atoms with Crippen molar-refractivity contribution in [3.05, 3.63) is 60.2 Å². The zero-order valence-corrected chi connectivity index (χ0v) is 16.7. The third-order valence-corrected chi connectivity index (χ3v) is 4.42. The Morgan fingerprint density at radius 2 is 2.14 bits per heavy atom. The first-order chi connectivity index (χ1) is 14.2. The maximum absolute atomic E-state index is 8.60. The van der Waals surface area contributed by atoms with Crippen molar-refractivity contribution in [2.24, 2.45) is 5.92 Å². The number of benzene rings is 1. The molecule has 0 saturated carbocycles. The number of nitrogens with zero attached hydrogens (tertiary/aromatic N) is 4. The first-order valence-corrected chi connectivity index (χ1v) is 9.73. The first-order valence-electron chi connectivity index (χ1n) is 9.73. The van der Waals surface area contributed by atoms with Gasteiger partial charge < -0.3 is 14.6 Å². The number of pyridine rings is 1. The fraction of sp³-hybridized carbons (Fsp3) is 0.364. The summed E-state index contributed by atoms with van der Waals surface area (Å²) < 4.78 is 11.2. The second-order valence-electron chi connectivity index (χ2n) is 7.06. The maximum atomic E-state index is 8.60. The topological polar surface area (TPSA) is 96.9 Å². The average Bonchev–Trinajstić information content (AvgIpc) is 3.22. The number of hydrogen-bond donors (Lipinski definition) is 1. The number of ether oxygens (including phenoxy) is 1. The molecule has 1 atom stereocenters. The molecule has 0 spiro atoms. The number of aromatic nitrogens is 3. The van der Waals surface area contributed by atoms with Gasteiger partial charge in [-0.15, -0.1) is 0 Å². The Balaban J connectivity index is 1.63. The van der Waals surface area contributed by atoms with Gasteiger partial charge in [0.25, 0.3) is 0 Å². The molecule has 0 fully saturated rings. The summed E-state index contributed by atoms with van der Waals surface area (Å²) >= 11 is 0. The lowest BCUT2D eigenvalue weighted by atomic mass is 10.0. The van der Waals surface area contributed by atoms with Gasteiger partial charge in [-0.1, -0.05) is 31.1 Å². The van der Waals surface area contributed by atoms with E-state index in [2.05, 4.69) is 40.4 Å². The lowest BCUT2D eigenvalue weighted by Crippen LogP contribution is -2.25. The van der Waals surface area contributed by atoms with Crippen LogP contribution in [0, 0.1) is 17.2 Å². The van der Waals surface area contributed by atoms with Crippen LogP contribution in [0.2, 0.25) is 0 Å². The zero-order chi connectivity index (χ0) is 20.5. The van der Waals surface area contributed by atoms with Crippen LogP contribution < -0.4 is 10.1 Å². The van der Waals surface area contributed by atoms with Crippen LogP contribution in [0.15, 0.2) is 53.3 Å². The second-order valence-corrected chi connectivity index (χ2v) is 7.06. The highest BCUT2D eigenvalue weighted by atomic mass is 16.5. The standard InChI is InChI=1S/C22H25N5O2/c1-16(2)20(22-26-21(27-29-22)18-8-6-11-24-15-18)25-14-17-7-5-9-19(13-17)28-12-4-3-10-23/h5-9,11,13,15-16,20,25H,3-4,12,14H2,1-2H3. The van der Waals surface area contributed by atoms with Crippen LogP contribution in [0.1, 0.15) is 44.2 Å². The molecule has 1 N–H and O–H groups in total. The first kappa shape index (κ1) is 20.5. The lowest BCUT2D eigenvalue weighted by molar-refractivity contribution is 0.287. The quantitative estimate of drug-likeness (QED) is 0.515. The van der Waals surface area contributed by atoms with Crippen molar-refractivity contribution in [3.63, 3.8) is 0 Å². The van der Waals surface area contributed by atoms with E-state index in [4.69, 9.17) is 14.5 Å². The van der Waals surface area contributed by atoms with Crippen LogP contribution in [0.25, 0.3) is 11.4 Å². The Morgan fingerprint density at radius 1 is 1.24 bits per heavy atom. The highest BCUT2D eigenvalue weighted by Gasteiger charge is 2.22. The molecule has 7 heteroatoms. The van der Waals surface area contributed by atoms with E-state index in [1.807, 2.05) is 36.4 Å². The smallest absolute Gasteiger partial charge is 0.244 e. The summed E-state index contributed by atoms with van der Waals surface area (Å²) in [7, 11) is 0. The van der Waals surface area contributed by atoms with E-state index in [1.54, 1.807) is 12.4 Å². The second kappa shape index (κ2) is 10.3. The molecular formula is C22H25N5O2. The summed E-state index contributed by atoms with van der Waals surface area (Å²) in [5, 5.41) is 16.2. The highest BCUT2D eigenvalue weighted by molar-refractivity contribution is 5.51. The Kier molecular flexibility index (Phi) is 7.31. The Morgan fingerprint density at radius 3 is 2.90 bits per heavy atom.